The normalized spacial score (nSPS) is 17.6. The van der Waals surface area contributed by atoms with Gasteiger partial charge in [0.2, 0.25) is 0 Å². The summed E-state index contributed by atoms with van der Waals surface area (Å²) in [7, 11) is 1.41. The largest absolute Gasteiger partial charge is 0.489 e. The Bertz CT molecular complexity index is 1350. The predicted molar refractivity (Wildman–Crippen MR) is 140 cm³/mol. The maximum Gasteiger partial charge on any atom is 0.309 e. The number of benzene rings is 4. The van der Waals surface area contributed by atoms with Crippen LogP contribution in [0.1, 0.15) is 35.6 Å². The number of aliphatic hydroxyl groups is 1. The molecule has 1 fully saturated rings. The van der Waals surface area contributed by atoms with Crippen LogP contribution < -0.4 is 4.74 Å². The molecule has 184 valence electrons. The van der Waals surface area contributed by atoms with Gasteiger partial charge in [-0.15, -0.1) is 0 Å². The highest BCUT2D eigenvalue weighted by molar-refractivity contribution is 5.98. The maximum atomic E-state index is 12.0. The molecule has 1 aliphatic rings. The minimum absolute atomic E-state index is 0.0843. The molecule has 36 heavy (non-hydrogen) atoms. The van der Waals surface area contributed by atoms with Gasteiger partial charge in [-0.3, -0.25) is 4.79 Å². The van der Waals surface area contributed by atoms with E-state index in [0.29, 0.717) is 26.1 Å². The summed E-state index contributed by atoms with van der Waals surface area (Å²) in [5.74, 6) is 0.488. The quantitative estimate of drug-likeness (QED) is 0.327. The van der Waals surface area contributed by atoms with E-state index in [9.17, 15) is 9.90 Å². The Kier molecular flexibility index (Phi) is 7.31. The van der Waals surface area contributed by atoms with Crippen LogP contribution in [0.3, 0.4) is 0 Å². The van der Waals surface area contributed by atoms with Crippen molar-refractivity contribution in [1.29, 1.82) is 0 Å². The number of methoxy groups -OCH3 is 1. The number of aliphatic hydroxyl groups excluding tert-OH is 1. The molecule has 0 radical (unpaired) electrons. The van der Waals surface area contributed by atoms with Gasteiger partial charge >= 0.3 is 5.97 Å². The van der Waals surface area contributed by atoms with Crippen LogP contribution in [0.5, 0.6) is 5.75 Å². The van der Waals surface area contributed by atoms with Gasteiger partial charge in [-0.1, -0.05) is 60.7 Å². The molecular weight excluding hydrogens is 452 g/mol. The van der Waals surface area contributed by atoms with E-state index in [1.807, 2.05) is 54.6 Å². The van der Waals surface area contributed by atoms with Crippen LogP contribution in [0.4, 0.5) is 0 Å². The van der Waals surface area contributed by atoms with Crippen LogP contribution in [-0.2, 0) is 27.3 Å². The van der Waals surface area contributed by atoms with Crippen molar-refractivity contribution in [2.24, 2.45) is 0 Å². The van der Waals surface area contributed by atoms with Crippen molar-refractivity contribution in [2.45, 2.75) is 38.1 Å². The summed E-state index contributed by atoms with van der Waals surface area (Å²) in [6.07, 6.45) is 1.12. The molecule has 2 atom stereocenters. The minimum atomic E-state index is -0.314. The lowest BCUT2D eigenvalue weighted by atomic mass is 9.94. The van der Waals surface area contributed by atoms with Crippen molar-refractivity contribution < 1.29 is 24.1 Å². The van der Waals surface area contributed by atoms with Crippen LogP contribution >= 0.6 is 0 Å². The molecule has 5 heteroatoms. The fourth-order valence-electron chi connectivity index (χ4n) is 4.76. The molecule has 0 aliphatic carbocycles. The molecule has 0 saturated carbocycles. The SMILES string of the molecule is COC(=O)Cc1cc(-c2ccccc2)c2ccc(OCc3cccc(C4CC(O)CCO4)c3)cc2c1. The Balaban J connectivity index is 1.40. The number of carbonyl (C=O) groups excluding carboxylic acids is 1. The summed E-state index contributed by atoms with van der Waals surface area (Å²) < 4.78 is 16.9. The topological polar surface area (TPSA) is 65.0 Å². The zero-order valence-corrected chi connectivity index (χ0v) is 20.4. The molecule has 4 aromatic carbocycles. The number of rotatable bonds is 7. The van der Waals surface area contributed by atoms with Gasteiger partial charge in [-0.25, -0.2) is 0 Å². The molecule has 4 aromatic rings. The third-order valence-corrected chi connectivity index (χ3v) is 6.63. The lowest BCUT2D eigenvalue weighted by Crippen LogP contribution is -2.23. The standard InChI is InChI=1S/C31H30O5/c1-34-31(33)17-22-15-25-18-27(10-11-28(25)29(16-22)23-7-3-2-4-8-23)36-20-21-6-5-9-24(14-21)30-19-26(32)12-13-35-30/h2-11,14-16,18,26,30,32H,12-13,17,19-20H2,1H3. The van der Waals surface area contributed by atoms with Crippen molar-refractivity contribution >= 4 is 16.7 Å². The zero-order chi connectivity index (χ0) is 24.9. The third kappa shape index (κ3) is 5.59. The molecular formula is C31H30O5. The highest BCUT2D eigenvalue weighted by atomic mass is 16.5. The Morgan fingerprint density at radius 1 is 0.972 bits per heavy atom. The first-order chi connectivity index (χ1) is 17.6. The average Bonchev–Trinajstić information content (AvgIpc) is 2.92. The maximum absolute atomic E-state index is 12.0. The third-order valence-electron chi connectivity index (χ3n) is 6.63. The van der Waals surface area contributed by atoms with Gasteiger partial charge in [-0.2, -0.15) is 0 Å². The lowest BCUT2D eigenvalue weighted by Gasteiger charge is -2.27. The summed E-state index contributed by atoms with van der Waals surface area (Å²) in [6.45, 7) is 0.995. The van der Waals surface area contributed by atoms with E-state index >= 15 is 0 Å². The molecule has 5 nitrogen and oxygen atoms in total. The van der Waals surface area contributed by atoms with E-state index in [1.165, 1.54) is 7.11 Å². The van der Waals surface area contributed by atoms with Crippen LogP contribution in [0.25, 0.3) is 21.9 Å². The van der Waals surface area contributed by atoms with E-state index in [0.717, 1.165) is 44.3 Å². The average molecular weight is 483 g/mol. The molecule has 5 rings (SSSR count). The molecule has 0 bridgehead atoms. The van der Waals surface area contributed by atoms with Gasteiger partial charge in [0, 0.05) is 13.0 Å². The predicted octanol–water partition coefficient (Wildman–Crippen LogP) is 6.01. The highest BCUT2D eigenvalue weighted by Gasteiger charge is 2.22. The molecule has 1 saturated heterocycles. The van der Waals surface area contributed by atoms with Gasteiger partial charge in [0.1, 0.15) is 12.4 Å². The molecule has 0 amide bonds. The fourth-order valence-corrected chi connectivity index (χ4v) is 4.76. The summed E-state index contributed by atoms with van der Waals surface area (Å²) in [4.78, 5) is 12.0. The number of hydrogen-bond donors (Lipinski definition) is 1. The van der Waals surface area contributed by atoms with Crippen LogP contribution in [-0.4, -0.2) is 30.9 Å². The zero-order valence-electron chi connectivity index (χ0n) is 20.4. The highest BCUT2D eigenvalue weighted by Crippen LogP contribution is 2.33. The van der Waals surface area contributed by atoms with E-state index < -0.39 is 0 Å². The Labute approximate surface area is 211 Å². The number of esters is 1. The summed E-state index contributed by atoms with van der Waals surface area (Å²) in [5.41, 5.74) is 5.16. The number of carbonyl (C=O) groups is 1. The Morgan fingerprint density at radius 2 is 1.83 bits per heavy atom. The summed E-state index contributed by atoms with van der Waals surface area (Å²) in [5, 5.41) is 12.1. The van der Waals surface area contributed by atoms with Gasteiger partial charge in [0.25, 0.3) is 0 Å². The molecule has 2 unspecified atom stereocenters. The van der Waals surface area contributed by atoms with Crippen molar-refractivity contribution in [3.63, 3.8) is 0 Å². The molecule has 1 aliphatic heterocycles. The van der Waals surface area contributed by atoms with Crippen LogP contribution in [0, 0.1) is 0 Å². The second-order valence-electron chi connectivity index (χ2n) is 9.22. The first-order valence-electron chi connectivity index (χ1n) is 12.3. The number of fused-ring (bicyclic) bond motifs is 1. The first kappa shape index (κ1) is 24.0. The molecule has 1 heterocycles. The van der Waals surface area contributed by atoms with Crippen molar-refractivity contribution in [3.05, 3.63) is 102 Å². The number of hydrogen-bond acceptors (Lipinski definition) is 5. The Morgan fingerprint density at radius 3 is 2.64 bits per heavy atom. The van der Waals surface area contributed by atoms with Gasteiger partial charge in [0.15, 0.2) is 0 Å². The van der Waals surface area contributed by atoms with E-state index in [-0.39, 0.29) is 24.6 Å². The van der Waals surface area contributed by atoms with E-state index in [1.54, 1.807) is 0 Å². The van der Waals surface area contributed by atoms with E-state index in [2.05, 4.69) is 30.3 Å². The van der Waals surface area contributed by atoms with Crippen LogP contribution in [0.15, 0.2) is 84.9 Å². The van der Waals surface area contributed by atoms with Crippen LogP contribution in [0.2, 0.25) is 0 Å². The number of ether oxygens (including phenoxy) is 3. The van der Waals surface area contributed by atoms with Gasteiger partial charge in [-0.05, 0) is 69.3 Å². The van der Waals surface area contributed by atoms with Crippen molar-refractivity contribution in [2.75, 3.05) is 13.7 Å². The van der Waals surface area contributed by atoms with Crippen molar-refractivity contribution in [1.82, 2.24) is 0 Å². The summed E-state index contributed by atoms with van der Waals surface area (Å²) >= 11 is 0. The van der Waals surface area contributed by atoms with E-state index in [4.69, 9.17) is 14.2 Å². The van der Waals surface area contributed by atoms with Crippen molar-refractivity contribution in [3.8, 4) is 16.9 Å². The summed E-state index contributed by atoms with van der Waals surface area (Å²) in [6, 6.07) is 28.5. The molecule has 0 aromatic heterocycles. The second-order valence-corrected chi connectivity index (χ2v) is 9.22. The monoisotopic (exact) mass is 482 g/mol. The van der Waals surface area contributed by atoms with Gasteiger partial charge in [0.05, 0.1) is 25.7 Å². The molecule has 0 spiro atoms. The smallest absolute Gasteiger partial charge is 0.309 e. The Hall–Kier alpha value is -3.67. The minimum Gasteiger partial charge on any atom is -0.489 e. The second kappa shape index (κ2) is 10.9. The lowest BCUT2D eigenvalue weighted by molar-refractivity contribution is -0.139. The van der Waals surface area contributed by atoms with Gasteiger partial charge < -0.3 is 19.3 Å². The first-order valence-corrected chi connectivity index (χ1v) is 12.3. The fraction of sp³-hybridized carbons (Fsp3) is 0.258. The molecule has 1 N–H and O–H groups in total.